The number of nitrogens with zero attached hydrogens (tertiary/aromatic N) is 3. The highest BCUT2D eigenvalue weighted by Gasteiger charge is 2.38. The van der Waals surface area contributed by atoms with Crippen LogP contribution in [0.2, 0.25) is 5.02 Å². The third kappa shape index (κ3) is 4.06. The first-order valence-corrected chi connectivity index (χ1v) is 11.3. The van der Waals surface area contributed by atoms with Crippen LogP contribution < -0.4 is 9.64 Å². The number of carbonyl (C=O) groups is 1. The van der Waals surface area contributed by atoms with Gasteiger partial charge in [-0.25, -0.2) is 0 Å². The minimum absolute atomic E-state index is 0.0413. The van der Waals surface area contributed by atoms with Crippen LogP contribution in [0.15, 0.2) is 47.0 Å². The van der Waals surface area contributed by atoms with Crippen LogP contribution in [0.5, 0.6) is 11.5 Å². The van der Waals surface area contributed by atoms with Crippen molar-refractivity contribution in [3.63, 3.8) is 0 Å². The molecule has 160 valence electrons. The van der Waals surface area contributed by atoms with Gasteiger partial charge in [0.25, 0.3) is 0 Å². The Bertz CT molecular complexity index is 1110. The summed E-state index contributed by atoms with van der Waals surface area (Å²) in [7, 11) is 0. The van der Waals surface area contributed by atoms with E-state index in [1.807, 2.05) is 32.0 Å². The lowest BCUT2D eigenvalue weighted by Gasteiger charge is -2.42. The summed E-state index contributed by atoms with van der Waals surface area (Å²) in [4.78, 5) is 16.8. The summed E-state index contributed by atoms with van der Waals surface area (Å²) in [6.07, 6.45) is 0.186. The summed E-state index contributed by atoms with van der Waals surface area (Å²) in [5, 5.41) is 21.3. The Morgan fingerprint density at radius 2 is 2.13 bits per heavy atom. The van der Waals surface area contributed by atoms with Crippen molar-refractivity contribution < 1.29 is 14.6 Å². The molecule has 1 N–H and O–H groups in total. The largest absolute Gasteiger partial charge is 0.504 e. The fourth-order valence-corrected chi connectivity index (χ4v) is 5.15. The summed E-state index contributed by atoms with van der Waals surface area (Å²) in [5.74, 6) is 0.601. The van der Waals surface area contributed by atoms with Gasteiger partial charge < -0.3 is 14.7 Å². The van der Waals surface area contributed by atoms with Gasteiger partial charge in [0.2, 0.25) is 5.91 Å². The van der Waals surface area contributed by atoms with Crippen molar-refractivity contribution in [2.75, 3.05) is 24.1 Å². The molecule has 2 heterocycles. The maximum absolute atomic E-state index is 13.1. The van der Waals surface area contributed by atoms with Crippen molar-refractivity contribution >= 4 is 35.0 Å². The maximum atomic E-state index is 13.1. The van der Waals surface area contributed by atoms with Crippen LogP contribution in [0.3, 0.4) is 0 Å². The molecule has 31 heavy (non-hydrogen) atoms. The van der Waals surface area contributed by atoms with Crippen molar-refractivity contribution in [1.29, 1.82) is 5.26 Å². The first-order chi connectivity index (χ1) is 14.9. The average Bonchev–Trinajstić information content (AvgIpc) is 2.77. The average molecular weight is 456 g/mol. The number of carbonyl (C=O) groups excluding carboxylic acids is 1. The molecule has 4 rings (SSSR count). The first-order valence-electron chi connectivity index (χ1n) is 9.97. The van der Waals surface area contributed by atoms with E-state index in [4.69, 9.17) is 16.3 Å². The van der Waals surface area contributed by atoms with Crippen LogP contribution in [-0.2, 0) is 4.79 Å². The van der Waals surface area contributed by atoms with Gasteiger partial charge in [-0.1, -0.05) is 35.5 Å². The molecule has 2 aliphatic rings. The van der Waals surface area contributed by atoms with E-state index in [0.717, 1.165) is 16.8 Å². The zero-order valence-corrected chi connectivity index (χ0v) is 18.8. The van der Waals surface area contributed by atoms with Gasteiger partial charge in [-0.05, 0) is 49.2 Å². The number of aromatic hydroxyl groups is 1. The number of phenols is 1. The molecular weight excluding hydrogens is 434 g/mol. The van der Waals surface area contributed by atoms with E-state index < -0.39 is 0 Å². The Morgan fingerprint density at radius 1 is 1.32 bits per heavy atom. The van der Waals surface area contributed by atoms with Gasteiger partial charge >= 0.3 is 0 Å². The molecule has 0 aromatic heterocycles. The zero-order valence-electron chi connectivity index (χ0n) is 17.3. The highest BCUT2D eigenvalue weighted by atomic mass is 35.5. The van der Waals surface area contributed by atoms with Gasteiger partial charge in [0, 0.05) is 23.0 Å². The number of rotatable bonds is 4. The molecule has 0 bridgehead atoms. The Morgan fingerprint density at radius 3 is 2.84 bits per heavy atom. The summed E-state index contributed by atoms with van der Waals surface area (Å²) < 4.78 is 5.48. The lowest BCUT2D eigenvalue weighted by Crippen LogP contribution is -2.47. The molecule has 1 unspecified atom stereocenters. The van der Waals surface area contributed by atoms with E-state index in [1.54, 1.807) is 23.1 Å². The van der Waals surface area contributed by atoms with Gasteiger partial charge in [-0.3, -0.25) is 9.69 Å². The SMILES string of the molecule is CCOc1cc(C2CC(=O)N3CN(c4ccc(C)c(Cl)c4)CSC3=C2C#N)ccc1O. The van der Waals surface area contributed by atoms with Crippen LogP contribution in [-0.4, -0.2) is 35.1 Å². The van der Waals surface area contributed by atoms with E-state index in [1.165, 1.54) is 11.8 Å². The number of halogens is 1. The Balaban J connectivity index is 1.66. The van der Waals surface area contributed by atoms with Crippen LogP contribution in [0.4, 0.5) is 5.69 Å². The topological polar surface area (TPSA) is 76.8 Å². The zero-order chi connectivity index (χ0) is 22.1. The van der Waals surface area contributed by atoms with Crippen molar-refractivity contribution in [2.45, 2.75) is 26.2 Å². The fraction of sp³-hybridized carbons (Fsp3) is 0.304. The minimum atomic E-state index is -0.364. The standard InChI is InChI=1S/C23H22ClN3O3S/c1-3-30-21-8-15(5-7-20(21)28)17-10-22(29)27-12-26(13-31-23(27)18(17)11-25)16-6-4-14(2)19(24)9-16/h4-9,17,28H,3,10,12-13H2,1-2H3. The number of amides is 1. The number of nitriles is 1. The van der Waals surface area contributed by atoms with E-state index in [2.05, 4.69) is 11.0 Å². The van der Waals surface area contributed by atoms with Crippen LogP contribution in [0, 0.1) is 18.3 Å². The monoisotopic (exact) mass is 455 g/mol. The van der Waals surface area contributed by atoms with Crippen LogP contribution in [0.25, 0.3) is 0 Å². The van der Waals surface area contributed by atoms with Gasteiger partial charge in [-0.15, -0.1) is 0 Å². The highest BCUT2D eigenvalue weighted by molar-refractivity contribution is 8.03. The third-order valence-corrected chi connectivity index (χ3v) is 7.06. The van der Waals surface area contributed by atoms with E-state index >= 15 is 0 Å². The number of aryl methyl sites for hydroxylation is 1. The molecule has 0 aliphatic carbocycles. The normalized spacial score (nSPS) is 18.6. The van der Waals surface area contributed by atoms with Gasteiger partial charge in [0.05, 0.1) is 35.8 Å². The lowest BCUT2D eigenvalue weighted by atomic mass is 9.86. The Hall–Kier alpha value is -2.82. The Kier molecular flexibility index (Phi) is 6.03. The lowest BCUT2D eigenvalue weighted by molar-refractivity contribution is -0.129. The highest BCUT2D eigenvalue weighted by Crippen LogP contribution is 2.44. The van der Waals surface area contributed by atoms with E-state index in [9.17, 15) is 15.2 Å². The predicted molar refractivity (Wildman–Crippen MR) is 122 cm³/mol. The van der Waals surface area contributed by atoms with E-state index in [-0.39, 0.29) is 24.0 Å². The summed E-state index contributed by atoms with van der Waals surface area (Å²) in [5.41, 5.74) is 3.29. The smallest absolute Gasteiger partial charge is 0.229 e. The second-order valence-corrected chi connectivity index (χ2v) is 8.80. The van der Waals surface area contributed by atoms with Gasteiger partial charge in [-0.2, -0.15) is 5.26 Å². The number of ether oxygens (including phenoxy) is 1. The number of phenolic OH excluding ortho intramolecular Hbond substituents is 1. The summed E-state index contributed by atoms with van der Waals surface area (Å²) in [6, 6.07) is 13.2. The van der Waals surface area contributed by atoms with Crippen molar-refractivity contribution in [3.05, 3.63) is 63.1 Å². The molecule has 2 aliphatic heterocycles. The predicted octanol–water partition coefficient (Wildman–Crippen LogP) is 4.97. The number of anilines is 1. The van der Waals surface area contributed by atoms with E-state index in [0.29, 0.717) is 40.5 Å². The summed E-state index contributed by atoms with van der Waals surface area (Å²) >= 11 is 7.76. The number of thioether (sulfide) groups is 1. The van der Waals surface area contributed by atoms with Gasteiger partial charge in [0.1, 0.15) is 0 Å². The third-order valence-electron chi connectivity index (χ3n) is 5.50. The quantitative estimate of drug-likeness (QED) is 0.701. The summed E-state index contributed by atoms with van der Waals surface area (Å²) in [6.45, 7) is 4.57. The number of allylic oxidation sites excluding steroid dienone is 1. The minimum Gasteiger partial charge on any atom is -0.504 e. The van der Waals surface area contributed by atoms with Crippen molar-refractivity contribution in [1.82, 2.24) is 4.90 Å². The van der Waals surface area contributed by atoms with Crippen LogP contribution in [0.1, 0.15) is 30.4 Å². The maximum Gasteiger partial charge on any atom is 0.229 e. The molecule has 2 aromatic carbocycles. The number of hydrogen-bond donors (Lipinski definition) is 1. The molecule has 1 atom stereocenters. The second-order valence-electron chi connectivity index (χ2n) is 7.46. The van der Waals surface area contributed by atoms with Crippen molar-refractivity contribution in [3.8, 4) is 17.6 Å². The number of hydrogen-bond acceptors (Lipinski definition) is 6. The molecule has 0 radical (unpaired) electrons. The first kappa shape index (κ1) is 21.4. The molecule has 8 heteroatoms. The molecule has 6 nitrogen and oxygen atoms in total. The number of benzene rings is 2. The second kappa shape index (κ2) is 8.74. The Labute approximate surface area is 190 Å². The number of fused-ring (bicyclic) bond motifs is 1. The van der Waals surface area contributed by atoms with Crippen LogP contribution >= 0.6 is 23.4 Å². The molecule has 0 saturated carbocycles. The molecule has 1 amide bonds. The molecule has 2 aromatic rings. The molecule has 1 fully saturated rings. The molecular formula is C23H22ClN3O3S. The molecule has 1 saturated heterocycles. The fourth-order valence-electron chi connectivity index (χ4n) is 3.81. The van der Waals surface area contributed by atoms with Gasteiger partial charge in [0.15, 0.2) is 11.5 Å². The van der Waals surface area contributed by atoms with Crippen molar-refractivity contribution in [2.24, 2.45) is 0 Å². The molecule has 0 spiro atoms.